The highest BCUT2D eigenvalue weighted by Gasteiger charge is 2.23. The molecule has 0 aliphatic heterocycles. The molecule has 2 rings (SSSR count). The number of hydrogen-bond donors (Lipinski definition) is 1. The van der Waals surface area contributed by atoms with Crippen LogP contribution in [-0.2, 0) is 4.74 Å². The smallest absolute Gasteiger partial charge is 0.358 e. The minimum Gasteiger partial charge on any atom is -0.495 e. The lowest BCUT2D eigenvalue weighted by atomic mass is 10.1. The van der Waals surface area contributed by atoms with E-state index in [4.69, 9.17) is 33.7 Å². The van der Waals surface area contributed by atoms with Crippen molar-refractivity contribution in [2.24, 2.45) is 0 Å². The van der Waals surface area contributed by atoms with Crippen LogP contribution in [0.5, 0.6) is 5.75 Å². The van der Waals surface area contributed by atoms with Gasteiger partial charge in [-0.3, -0.25) is 0 Å². The van der Waals surface area contributed by atoms with Gasteiger partial charge in [0.1, 0.15) is 5.75 Å². The van der Waals surface area contributed by atoms with Crippen molar-refractivity contribution in [2.75, 3.05) is 20.0 Å². The first-order valence-corrected chi connectivity index (χ1v) is 7.26. The summed E-state index contributed by atoms with van der Waals surface area (Å²) in [4.78, 5) is 15.8. The van der Waals surface area contributed by atoms with Gasteiger partial charge in [-0.1, -0.05) is 29.3 Å². The number of benzene rings is 1. The Morgan fingerprint density at radius 2 is 1.92 bits per heavy atom. The summed E-state index contributed by atoms with van der Waals surface area (Å²) in [5.41, 5.74) is 5.70. The zero-order valence-electron chi connectivity index (χ0n) is 12.6. The summed E-state index contributed by atoms with van der Waals surface area (Å²) in [6.45, 7) is 0. The van der Waals surface area contributed by atoms with Gasteiger partial charge in [0, 0.05) is 5.56 Å². The lowest BCUT2D eigenvalue weighted by Gasteiger charge is -2.14. The van der Waals surface area contributed by atoms with Gasteiger partial charge < -0.3 is 15.2 Å². The van der Waals surface area contributed by atoms with Crippen molar-refractivity contribution in [2.45, 2.75) is 6.43 Å². The maximum atomic E-state index is 13.0. The van der Waals surface area contributed by atoms with Crippen molar-refractivity contribution < 1.29 is 23.0 Å². The molecule has 0 amide bonds. The molecule has 0 atom stereocenters. The summed E-state index contributed by atoms with van der Waals surface area (Å²) < 4.78 is 35.6. The van der Waals surface area contributed by atoms with Crippen LogP contribution in [0.2, 0.25) is 10.0 Å². The third kappa shape index (κ3) is 3.22. The highest BCUT2D eigenvalue weighted by atomic mass is 35.5. The molecule has 128 valence electrons. The Morgan fingerprint density at radius 3 is 2.46 bits per heavy atom. The van der Waals surface area contributed by atoms with E-state index in [1.54, 1.807) is 0 Å². The number of alkyl halides is 2. The first-order valence-electron chi connectivity index (χ1n) is 6.51. The second-order valence-electron chi connectivity index (χ2n) is 4.60. The molecule has 24 heavy (non-hydrogen) atoms. The van der Waals surface area contributed by atoms with Crippen LogP contribution in [0.4, 0.5) is 14.5 Å². The topological polar surface area (TPSA) is 74.4 Å². The van der Waals surface area contributed by atoms with Crippen LogP contribution in [-0.4, -0.2) is 25.2 Å². The Labute approximate surface area is 146 Å². The van der Waals surface area contributed by atoms with Crippen LogP contribution in [0.3, 0.4) is 0 Å². The number of carbonyl (C=O) groups excluding carboxylic acids is 1. The van der Waals surface area contributed by atoms with Crippen LogP contribution in [0.1, 0.15) is 22.5 Å². The van der Waals surface area contributed by atoms with E-state index in [1.165, 1.54) is 19.2 Å². The van der Waals surface area contributed by atoms with E-state index in [-0.39, 0.29) is 44.0 Å². The zero-order valence-corrected chi connectivity index (χ0v) is 14.1. The van der Waals surface area contributed by atoms with Crippen molar-refractivity contribution in [3.63, 3.8) is 0 Å². The van der Waals surface area contributed by atoms with Gasteiger partial charge in [-0.15, -0.1) is 0 Å². The van der Waals surface area contributed by atoms with Crippen molar-refractivity contribution in [1.82, 2.24) is 4.98 Å². The molecule has 0 saturated carbocycles. The fourth-order valence-corrected chi connectivity index (χ4v) is 2.59. The number of pyridine rings is 1. The normalized spacial score (nSPS) is 10.8. The number of nitrogens with zero attached hydrogens (tertiary/aromatic N) is 1. The Balaban J connectivity index is 2.69. The largest absolute Gasteiger partial charge is 0.495 e. The molecule has 1 aromatic heterocycles. The summed E-state index contributed by atoms with van der Waals surface area (Å²) in [6.07, 6.45) is -2.76. The van der Waals surface area contributed by atoms with E-state index in [1.807, 2.05) is 0 Å². The third-order valence-electron chi connectivity index (χ3n) is 3.21. The molecule has 2 N–H and O–H groups in total. The number of anilines is 1. The molecule has 1 aromatic carbocycles. The average molecular weight is 377 g/mol. The molecule has 5 nitrogen and oxygen atoms in total. The molecule has 2 aromatic rings. The molecule has 9 heteroatoms. The van der Waals surface area contributed by atoms with Crippen molar-refractivity contribution >= 4 is 34.9 Å². The lowest BCUT2D eigenvalue weighted by Crippen LogP contribution is -2.08. The first kappa shape index (κ1) is 18.2. The number of ether oxygens (including phenoxy) is 2. The van der Waals surface area contributed by atoms with Crippen molar-refractivity contribution in [3.8, 4) is 17.0 Å². The maximum absolute atomic E-state index is 13.0. The monoisotopic (exact) mass is 376 g/mol. The van der Waals surface area contributed by atoms with Gasteiger partial charge in [0.2, 0.25) is 0 Å². The van der Waals surface area contributed by atoms with Gasteiger partial charge in [0.15, 0.2) is 5.69 Å². The molecule has 0 fully saturated rings. The van der Waals surface area contributed by atoms with Gasteiger partial charge in [-0.2, -0.15) is 0 Å². The summed E-state index contributed by atoms with van der Waals surface area (Å²) in [5.74, 6) is -0.972. The Bertz CT molecular complexity index is 801. The summed E-state index contributed by atoms with van der Waals surface area (Å²) >= 11 is 12.1. The predicted molar refractivity (Wildman–Crippen MR) is 87.0 cm³/mol. The fraction of sp³-hybridized carbons (Fsp3) is 0.200. The number of rotatable bonds is 4. The zero-order chi connectivity index (χ0) is 18.0. The SMILES string of the molecule is COC(=O)c1nc(-c2ccc(C(F)F)c(OC)c2Cl)cc(N)c1Cl. The number of methoxy groups -OCH3 is 2. The molecule has 0 saturated heterocycles. The third-order valence-corrected chi connectivity index (χ3v) is 3.98. The lowest BCUT2D eigenvalue weighted by molar-refractivity contribution is 0.0594. The van der Waals surface area contributed by atoms with E-state index in [0.717, 1.165) is 13.2 Å². The number of esters is 1. The summed E-state index contributed by atoms with van der Waals surface area (Å²) in [5, 5.41) is -0.154. The van der Waals surface area contributed by atoms with E-state index < -0.39 is 12.4 Å². The second-order valence-corrected chi connectivity index (χ2v) is 5.36. The fourth-order valence-electron chi connectivity index (χ4n) is 2.07. The number of hydrogen-bond acceptors (Lipinski definition) is 5. The molecule has 0 bridgehead atoms. The van der Waals surface area contributed by atoms with E-state index in [2.05, 4.69) is 9.72 Å². The van der Waals surface area contributed by atoms with Gasteiger partial charge in [-0.05, 0) is 12.1 Å². The maximum Gasteiger partial charge on any atom is 0.358 e. The van der Waals surface area contributed by atoms with Gasteiger partial charge in [0.25, 0.3) is 6.43 Å². The first-order chi connectivity index (χ1) is 11.3. The number of carbonyl (C=O) groups is 1. The highest BCUT2D eigenvalue weighted by molar-refractivity contribution is 6.36. The van der Waals surface area contributed by atoms with Gasteiger partial charge in [0.05, 0.1) is 41.2 Å². The molecule has 0 radical (unpaired) electrons. The minimum absolute atomic E-state index is 0.0648. The van der Waals surface area contributed by atoms with Crippen LogP contribution >= 0.6 is 23.2 Å². The summed E-state index contributed by atoms with van der Waals surface area (Å²) in [6, 6.07) is 3.87. The van der Waals surface area contributed by atoms with Crippen LogP contribution in [0.25, 0.3) is 11.3 Å². The molecule has 0 aliphatic carbocycles. The predicted octanol–water partition coefficient (Wildman–Crippen LogP) is 4.37. The second kappa shape index (κ2) is 7.19. The molecule has 1 heterocycles. The minimum atomic E-state index is -2.76. The molecular weight excluding hydrogens is 365 g/mol. The number of halogens is 4. The average Bonchev–Trinajstić information content (AvgIpc) is 2.56. The van der Waals surface area contributed by atoms with Gasteiger partial charge >= 0.3 is 5.97 Å². The number of nitrogens with two attached hydrogens (primary N) is 1. The van der Waals surface area contributed by atoms with E-state index in [9.17, 15) is 13.6 Å². The van der Waals surface area contributed by atoms with Crippen LogP contribution < -0.4 is 10.5 Å². The van der Waals surface area contributed by atoms with E-state index in [0.29, 0.717) is 0 Å². The number of aromatic nitrogens is 1. The van der Waals surface area contributed by atoms with Crippen molar-refractivity contribution in [1.29, 1.82) is 0 Å². The highest BCUT2D eigenvalue weighted by Crippen LogP contribution is 2.41. The standard InChI is InChI=1S/C15H12Cl2F2N2O3/c1-23-13-7(14(18)19)4-3-6(10(13)16)9-5-8(20)11(17)12(21-9)15(22)24-2/h3-5,14H,1-2H3,(H2,20,21). The van der Waals surface area contributed by atoms with Crippen molar-refractivity contribution in [3.05, 3.63) is 39.5 Å². The quantitative estimate of drug-likeness (QED) is 0.801. The number of nitrogen functional groups attached to an aromatic ring is 1. The summed E-state index contributed by atoms with van der Waals surface area (Å²) in [7, 11) is 2.39. The Hall–Kier alpha value is -2.12. The van der Waals surface area contributed by atoms with Gasteiger partial charge in [-0.25, -0.2) is 18.6 Å². The van der Waals surface area contributed by atoms with Crippen LogP contribution in [0.15, 0.2) is 18.2 Å². The Kier molecular flexibility index (Phi) is 5.46. The van der Waals surface area contributed by atoms with E-state index >= 15 is 0 Å². The molecular formula is C15H12Cl2F2N2O3. The van der Waals surface area contributed by atoms with Crippen LogP contribution in [0, 0.1) is 0 Å². The Morgan fingerprint density at radius 1 is 1.25 bits per heavy atom. The molecule has 0 unspecified atom stereocenters. The molecule has 0 aliphatic rings. The molecule has 0 spiro atoms.